The molecule has 1 aromatic heterocycles. The van der Waals surface area contributed by atoms with E-state index < -0.39 is 17.7 Å². The molecule has 3 nitrogen and oxygen atoms in total. The maximum atomic E-state index is 13.1. The standard InChI is InChI=1S/C11H5BrF4N2O/c12-6-3-7(13)5-8(4-6)19-10-2-1-9(17-18-10)11(14,15)16/h1-5H. The van der Waals surface area contributed by atoms with E-state index in [1.54, 1.807) is 0 Å². The lowest BCUT2D eigenvalue weighted by atomic mass is 10.3. The molecule has 2 aromatic rings. The van der Waals surface area contributed by atoms with Gasteiger partial charge >= 0.3 is 6.18 Å². The van der Waals surface area contributed by atoms with Crippen molar-refractivity contribution in [2.75, 3.05) is 0 Å². The summed E-state index contributed by atoms with van der Waals surface area (Å²) in [7, 11) is 0. The van der Waals surface area contributed by atoms with Crippen LogP contribution in [0.5, 0.6) is 11.6 Å². The quantitative estimate of drug-likeness (QED) is 0.771. The van der Waals surface area contributed by atoms with Gasteiger partial charge in [0.2, 0.25) is 5.88 Å². The first-order valence-electron chi connectivity index (χ1n) is 4.89. The number of halogens is 5. The fraction of sp³-hybridized carbons (Fsp3) is 0.0909. The van der Waals surface area contributed by atoms with Crippen LogP contribution in [0.1, 0.15) is 5.69 Å². The molecule has 0 saturated heterocycles. The first-order valence-corrected chi connectivity index (χ1v) is 5.69. The predicted octanol–water partition coefficient (Wildman–Crippen LogP) is 4.19. The Bertz CT molecular complexity index is 566. The highest BCUT2D eigenvalue weighted by Gasteiger charge is 2.32. The van der Waals surface area contributed by atoms with E-state index in [1.165, 1.54) is 12.1 Å². The van der Waals surface area contributed by atoms with E-state index >= 15 is 0 Å². The number of benzene rings is 1. The number of hydrogen-bond acceptors (Lipinski definition) is 3. The van der Waals surface area contributed by atoms with Crippen molar-refractivity contribution in [1.82, 2.24) is 10.2 Å². The zero-order valence-corrected chi connectivity index (χ0v) is 10.7. The third kappa shape index (κ3) is 3.63. The number of aromatic nitrogens is 2. The van der Waals surface area contributed by atoms with Crippen molar-refractivity contribution in [3.8, 4) is 11.6 Å². The molecule has 1 heterocycles. The lowest BCUT2D eigenvalue weighted by Crippen LogP contribution is -2.08. The molecule has 0 amide bonds. The van der Waals surface area contributed by atoms with Gasteiger partial charge in [0, 0.05) is 16.6 Å². The molecule has 0 fully saturated rings. The maximum absolute atomic E-state index is 13.1. The average Bonchev–Trinajstić information content (AvgIpc) is 2.26. The molecule has 0 aliphatic heterocycles. The van der Waals surface area contributed by atoms with Crippen molar-refractivity contribution in [2.45, 2.75) is 6.18 Å². The zero-order chi connectivity index (χ0) is 14.0. The number of rotatable bonds is 2. The molecule has 0 atom stereocenters. The Morgan fingerprint density at radius 1 is 1.05 bits per heavy atom. The minimum Gasteiger partial charge on any atom is -0.437 e. The van der Waals surface area contributed by atoms with Crippen LogP contribution in [-0.2, 0) is 6.18 Å². The number of ether oxygens (including phenoxy) is 1. The average molecular weight is 337 g/mol. The van der Waals surface area contributed by atoms with Crippen LogP contribution in [0.15, 0.2) is 34.8 Å². The van der Waals surface area contributed by atoms with Gasteiger partial charge in [0.25, 0.3) is 0 Å². The summed E-state index contributed by atoms with van der Waals surface area (Å²) >= 11 is 3.06. The molecule has 0 unspecified atom stereocenters. The minimum absolute atomic E-state index is 0.0981. The summed E-state index contributed by atoms with van der Waals surface area (Å²) in [6.07, 6.45) is -4.56. The van der Waals surface area contributed by atoms with Gasteiger partial charge in [0.15, 0.2) is 5.69 Å². The van der Waals surface area contributed by atoms with Crippen LogP contribution in [0, 0.1) is 5.82 Å². The fourth-order valence-corrected chi connectivity index (χ4v) is 1.68. The monoisotopic (exact) mass is 336 g/mol. The summed E-state index contributed by atoms with van der Waals surface area (Å²) in [4.78, 5) is 0. The van der Waals surface area contributed by atoms with Gasteiger partial charge in [-0.3, -0.25) is 0 Å². The Hall–Kier alpha value is -1.70. The molecule has 2 rings (SSSR count). The van der Waals surface area contributed by atoms with Gasteiger partial charge in [-0.25, -0.2) is 4.39 Å². The van der Waals surface area contributed by atoms with E-state index in [0.717, 1.165) is 18.2 Å². The highest BCUT2D eigenvalue weighted by atomic mass is 79.9. The highest BCUT2D eigenvalue weighted by molar-refractivity contribution is 9.10. The Balaban J connectivity index is 2.20. The van der Waals surface area contributed by atoms with Gasteiger partial charge in [0.1, 0.15) is 11.6 Å². The molecule has 0 spiro atoms. The fourth-order valence-electron chi connectivity index (χ4n) is 1.23. The summed E-state index contributed by atoms with van der Waals surface area (Å²) in [5, 5.41) is 6.26. The van der Waals surface area contributed by atoms with Gasteiger partial charge in [-0.15, -0.1) is 10.2 Å². The Morgan fingerprint density at radius 3 is 2.32 bits per heavy atom. The van der Waals surface area contributed by atoms with Crippen molar-refractivity contribution >= 4 is 15.9 Å². The van der Waals surface area contributed by atoms with Gasteiger partial charge < -0.3 is 4.74 Å². The van der Waals surface area contributed by atoms with E-state index in [1.807, 2.05) is 0 Å². The topological polar surface area (TPSA) is 35.0 Å². The largest absolute Gasteiger partial charge is 0.437 e. The van der Waals surface area contributed by atoms with Gasteiger partial charge in [-0.1, -0.05) is 15.9 Å². The lowest BCUT2D eigenvalue weighted by molar-refractivity contribution is -0.141. The molecule has 0 N–H and O–H groups in total. The summed E-state index contributed by atoms with van der Waals surface area (Å²) in [5.74, 6) is -0.615. The highest BCUT2D eigenvalue weighted by Crippen LogP contribution is 2.29. The summed E-state index contributed by atoms with van der Waals surface area (Å²) in [6.45, 7) is 0. The maximum Gasteiger partial charge on any atom is 0.435 e. The van der Waals surface area contributed by atoms with Gasteiger partial charge in [-0.05, 0) is 18.2 Å². The van der Waals surface area contributed by atoms with Crippen LogP contribution < -0.4 is 4.74 Å². The van der Waals surface area contributed by atoms with E-state index in [2.05, 4.69) is 26.1 Å². The number of nitrogens with zero attached hydrogens (tertiary/aromatic N) is 2. The van der Waals surface area contributed by atoms with Gasteiger partial charge in [0.05, 0.1) is 0 Å². The normalized spacial score (nSPS) is 11.4. The number of alkyl halides is 3. The lowest BCUT2D eigenvalue weighted by Gasteiger charge is -2.07. The molecule has 0 saturated carbocycles. The van der Waals surface area contributed by atoms with Crippen molar-refractivity contribution < 1.29 is 22.3 Å². The van der Waals surface area contributed by atoms with Crippen LogP contribution in [0.25, 0.3) is 0 Å². The molecule has 8 heteroatoms. The van der Waals surface area contributed by atoms with Crippen LogP contribution in [0.2, 0.25) is 0 Å². The molecular formula is C11H5BrF4N2O. The third-order valence-corrected chi connectivity index (χ3v) is 2.45. The number of hydrogen-bond donors (Lipinski definition) is 0. The first kappa shape index (κ1) is 13.7. The summed E-state index contributed by atoms with van der Waals surface area (Å²) in [6, 6.07) is 5.48. The second-order valence-corrected chi connectivity index (χ2v) is 4.38. The van der Waals surface area contributed by atoms with E-state index in [-0.39, 0.29) is 11.6 Å². The summed E-state index contributed by atoms with van der Waals surface area (Å²) in [5.41, 5.74) is -1.12. The van der Waals surface area contributed by atoms with E-state index in [0.29, 0.717) is 4.47 Å². The van der Waals surface area contributed by atoms with E-state index in [4.69, 9.17) is 4.74 Å². The zero-order valence-electron chi connectivity index (χ0n) is 9.08. The Kier molecular flexibility index (Phi) is 3.70. The van der Waals surface area contributed by atoms with Crippen LogP contribution in [0.3, 0.4) is 0 Å². The SMILES string of the molecule is Fc1cc(Br)cc(Oc2ccc(C(F)(F)F)nn2)c1. The van der Waals surface area contributed by atoms with Crippen molar-refractivity contribution in [1.29, 1.82) is 0 Å². The Morgan fingerprint density at radius 2 is 1.79 bits per heavy atom. The molecule has 0 aliphatic rings. The molecule has 100 valence electrons. The Labute approximate surface area is 113 Å². The molecule has 1 aromatic carbocycles. The molecule has 0 radical (unpaired) electrons. The summed E-state index contributed by atoms with van der Waals surface area (Å²) < 4.78 is 55.3. The van der Waals surface area contributed by atoms with Crippen LogP contribution in [0.4, 0.5) is 17.6 Å². The molecule has 0 bridgehead atoms. The molecule has 0 aliphatic carbocycles. The van der Waals surface area contributed by atoms with Crippen molar-refractivity contribution in [2.24, 2.45) is 0 Å². The van der Waals surface area contributed by atoms with E-state index in [9.17, 15) is 17.6 Å². The minimum atomic E-state index is -4.56. The van der Waals surface area contributed by atoms with Crippen LogP contribution in [-0.4, -0.2) is 10.2 Å². The second-order valence-electron chi connectivity index (χ2n) is 3.46. The second kappa shape index (κ2) is 5.12. The molecular weight excluding hydrogens is 332 g/mol. The van der Waals surface area contributed by atoms with Gasteiger partial charge in [-0.2, -0.15) is 13.2 Å². The smallest absolute Gasteiger partial charge is 0.435 e. The van der Waals surface area contributed by atoms with Crippen LogP contribution >= 0.6 is 15.9 Å². The van der Waals surface area contributed by atoms with Crippen molar-refractivity contribution in [3.05, 3.63) is 46.3 Å². The predicted molar refractivity (Wildman–Crippen MR) is 61.2 cm³/mol. The molecule has 19 heavy (non-hydrogen) atoms. The first-order chi connectivity index (χ1) is 8.84. The van der Waals surface area contributed by atoms with Crippen molar-refractivity contribution in [3.63, 3.8) is 0 Å². The third-order valence-electron chi connectivity index (χ3n) is 1.99.